The number of amides is 1. The standard InChI is InChI=1S/C23H25Cl2N3O3/c1-13-21(23(31)26-18-4-2-3-5-20(18)30)27-28(19-11-8-15(24)12-17(19)25)22(13)14-6-9-16(29)10-7-14/h6-13,18,20,22,29-30H,2-5H2,1H3,(H,26,31)/t13-,18?,20+,22+/m1/s1. The van der Waals surface area contributed by atoms with E-state index in [1.165, 1.54) is 0 Å². The van der Waals surface area contributed by atoms with E-state index in [0.29, 0.717) is 27.9 Å². The third kappa shape index (κ3) is 4.52. The molecule has 2 aliphatic rings. The lowest BCUT2D eigenvalue weighted by atomic mass is 9.89. The minimum Gasteiger partial charge on any atom is -0.508 e. The summed E-state index contributed by atoms with van der Waals surface area (Å²) in [5.41, 5.74) is 1.90. The number of phenols is 1. The van der Waals surface area contributed by atoms with Crippen LogP contribution >= 0.6 is 23.2 Å². The molecular weight excluding hydrogens is 437 g/mol. The molecule has 0 radical (unpaired) electrons. The first-order chi connectivity index (χ1) is 14.8. The van der Waals surface area contributed by atoms with Crippen molar-refractivity contribution >= 4 is 40.5 Å². The highest BCUT2D eigenvalue weighted by atomic mass is 35.5. The summed E-state index contributed by atoms with van der Waals surface area (Å²) in [5.74, 6) is -0.373. The minimum atomic E-state index is -0.537. The fraction of sp³-hybridized carbons (Fsp3) is 0.391. The Morgan fingerprint density at radius 1 is 1.13 bits per heavy atom. The Balaban J connectivity index is 1.68. The quantitative estimate of drug-likeness (QED) is 0.617. The summed E-state index contributed by atoms with van der Waals surface area (Å²) in [6.07, 6.45) is 2.85. The number of halogens is 2. The van der Waals surface area contributed by atoms with Crippen LogP contribution in [0.5, 0.6) is 5.75 Å². The van der Waals surface area contributed by atoms with Gasteiger partial charge in [-0.3, -0.25) is 9.80 Å². The van der Waals surface area contributed by atoms with Crippen molar-refractivity contribution in [1.29, 1.82) is 0 Å². The first-order valence-corrected chi connectivity index (χ1v) is 11.2. The fourth-order valence-electron chi connectivity index (χ4n) is 4.38. The molecule has 0 saturated heterocycles. The maximum Gasteiger partial charge on any atom is 0.268 e. The zero-order valence-electron chi connectivity index (χ0n) is 17.1. The predicted molar refractivity (Wildman–Crippen MR) is 123 cm³/mol. The number of hydrazone groups is 1. The minimum absolute atomic E-state index is 0.163. The Kier molecular flexibility index (Phi) is 6.42. The van der Waals surface area contributed by atoms with E-state index in [2.05, 4.69) is 10.4 Å². The van der Waals surface area contributed by atoms with Crippen molar-refractivity contribution < 1.29 is 15.0 Å². The molecular formula is C23H25Cl2N3O3. The number of aromatic hydroxyl groups is 1. The Morgan fingerprint density at radius 2 is 1.84 bits per heavy atom. The first-order valence-electron chi connectivity index (χ1n) is 10.5. The van der Waals surface area contributed by atoms with Gasteiger partial charge in [0.05, 0.1) is 28.9 Å². The first kappa shape index (κ1) is 21.9. The number of carbonyl (C=O) groups excluding carboxylic acids is 1. The van der Waals surface area contributed by atoms with Gasteiger partial charge in [-0.15, -0.1) is 0 Å². The van der Waals surface area contributed by atoms with E-state index in [1.54, 1.807) is 35.3 Å². The van der Waals surface area contributed by atoms with Crippen LogP contribution in [0.2, 0.25) is 10.0 Å². The molecule has 2 aromatic rings. The molecule has 31 heavy (non-hydrogen) atoms. The zero-order valence-corrected chi connectivity index (χ0v) is 18.6. The van der Waals surface area contributed by atoms with Crippen molar-refractivity contribution in [2.24, 2.45) is 11.0 Å². The van der Waals surface area contributed by atoms with Gasteiger partial charge in [-0.1, -0.05) is 55.1 Å². The van der Waals surface area contributed by atoms with Gasteiger partial charge >= 0.3 is 0 Å². The van der Waals surface area contributed by atoms with Gasteiger partial charge in [-0.05, 0) is 48.7 Å². The van der Waals surface area contributed by atoms with Crippen LogP contribution in [0.25, 0.3) is 0 Å². The molecule has 4 atom stereocenters. The second-order valence-electron chi connectivity index (χ2n) is 8.18. The molecule has 1 heterocycles. The van der Waals surface area contributed by atoms with Crippen LogP contribution in [-0.2, 0) is 4.79 Å². The van der Waals surface area contributed by atoms with Gasteiger partial charge in [0.15, 0.2) is 0 Å². The zero-order chi connectivity index (χ0) is 22.1. The molecule has 0 spiro atoms. The average Bonchev–Trinajstić information content (AvgIpc) is 3.07. The number of nitrogens with zero attached hydrogens (tertiary/aromatic N) is 2. The molecule has 8 heteroatoms. The molecule has 1 saturated carbocycles. The van der Waals surface area contributed by atoms with Gasteiger partial charge in [0.2, 0.25) is 0 Å². The average molecular weight is 462 g/mol. The fourth-order valence-corrected chi connectivity index (χ4v) is 4.87. The SMILES string of the molecule is C[C@@H]1C(C(=O)NC2CCCC[C@@H]2O)=NN(c2ccc(Cl)cc2Cl)[C@@H]1c1ccc(O)cc1. The number of aliphatic hydroxyl groups is 1. The maximum atomic E-state index is 13.1. The number of benzene rings is 2. The number of anilines is 1. The van der Waals surface area contributed by atoms with E-state index in [0.717, 1.165) is 24.8 Å². The number of hydrogen-bond donors (Lipinski definition) is 3. The molecule has 0 bridgehead atoms. The molecule has 6 nitrogen and oxygen atoms in total. The summed E-state index contributed by atoms with van der Waals surface area (Å²) in [6, 6.07) is 11.4. The lowest BCUT2D eigenvalue weighted by Crippen LogP contribution is -2.48. The molecule has 1 fully saturated rings. The molecule has 1 amide bonds. The number of carbonyl (C=O) groups is 1. The Hall–Kier alpha value is -2.28. The Bertz CT molecular complexity index is 996. The summed E-state index contributed by atoms with van der Waals surface area (Å²) in [7, 11) is 0. The highest BCUT2D eigenvalue weighted by Crippen LogP contribution is 2.42. The third-order valence-electron chi connectivity index (χ3n) is 6.05. The van der Waals surface area contributed by atoms with E-state index < -0.39 is 6.10 Å². The van der Waals surface area contributed by atoms with Crippen molar-refractivity contribution in [2.45, 2.75) is 50.8 Å². The van der Waals surface area contributed by atoms with E-state index in [1.807, 2.05) is 19.1 Å². The molecule has 0 aromatic heterocycles. The van der Waals surface area contributed by atoms with E-state index in [4.69, 9.17) is 23.2 Å². The van der Waals surface area contributed by atoms with Crippen LogP contribution in [-0.4, -0.2) is 34.0 Å². The van der Waals surface area contributed by atoms with Crippen LogP contribution in [0.15, 0.2) is 47.6 Å². The molecule has 3 N–H and O–H groups in total. The third-order valence-corrected chi connectivity index (χ3v) is 6.59. The summed E-state index contributed by atoms with van der Waals surface area (Å²) in [4.78, 5) is 13.1. The lowest BCUT2D eigenvalue weighted by molar-refractivity contribution is -0.116. The number of aliphatic hydroxyl groups excluding tert-OH is 1. The number of phenolic OH excluding ortho intramolecular Hbond substituents is 1. The predicted octanol–water partition coefficient (Wildman–Crippen LogP) is 4.67. The Labute approximate surface area is 191 Å². The molecule has 1 aliphatic carbocycles. The van der Waals surface area contributed by atoms with Crippen LogP contribution in [0.4, 0.5) is 5.69 Å². The molecule has 1 unspecified atom stereocenters. The van der Waals surface area contributed by atoms with Crippen molar-refractivity contribution in [3.63, 3.8) is 0 Å². The Morgan fingerprint density at radius 3 is 2.52 bits per heavy atom. The molecule has 1 aliphatic heterocycles. The van der Waals surface area contributed by atoms with Gasteiger partial charge < -0.3 is 15.5 Å². The number of hydrogen-bond acceptors (Lipinski definition) is 5. The normalized spacial score (nSPS) is 25.9. The molecule has 2 aromatic carbocycles. The van der Waals surface area contributed by atoms with Crippen LogP contribution in [0.3, 0.4) is 0 Å². The largest absolute Gasteiger partial charge is 0.508 e. The topological polar surface area (TPSA) is 85.2 Å². The summed E-state index contributed by atoms with van der Waals surface area (Å²) in [6.45, 7) is 1.94. The van der Waals surface area contributed by atoms with Gasteiger partial charge in [-0.25, -0.2) is 0 Å². The summed E-state index contributed by atoms with van der Waals surface area (Å²) in [5, 5.41) is 30.3. The molecule has 4 rings (SSSR count). The number of rotatable bonds is 4. The second kappa shape index (κ2) is 9.07. The van der Waals surface area contributed by atoms with Crippen LogP contribution in [0.1, 0.15) is 44.2 Å². The highest BCUT2D eigenvalue weighted by molar-refractivity contribution is 6.41. The highest BCUT2D eigenvalue weighted by Gasteiger charge is 2.41. The van der Waals surface area contributed by atoms with Crippen LogP contribution in [0, 0.1) is 5.92 Å². The van der Waals surface area contributed by atoms with Crippen molar-refractivity contribution in [3.05, 3.63) is 58.1 Å². The second-order valence-corrected chi connectivity index (χ2v) is 9.03. The lowest BCUT2D eigenvalue weighted by Gasteiger charge is -2.29. The van der Waals surface area contributed by atoms with Crippen molar-refractivity contribution in [2.75, 3.05) is 5.01 Å². The van der Waals surface area contributed by atoms with Gasteiger partial charge in [0.1, 0.15) is 11.5 Å². The van der Waals surface area contributed by atoms with E-state index in [9.17, 15) is 15.0 Å². The van der Waals surface area contributed by atoms with Crippen molar-refractivity contribution in [3.8, 4) is 5.75 Å². The monoisotopic (exact) mass is 461 g/mol. The maximum absolute atomic E-state index is 13.1. The van der Waals surface area contributed by atoms with E-state index >= 15 is 0 Å². The summed E-state index contributed by atoms with van der Waals surface area (Å²) >= 11 is 12.5. The van der Waals surface area contributed by atoms with Gasteiger partial charge in [-0.2, -0.15) is 5.10 Å². The molecule has 164 valence electrons. The van der Waals surface area contributed by atoms with Gasteiger partial charge in [0, 0.05) is 10.9 Å². The van der Waals surface area contributed by atoms with Gasteiger partial charge in [0.25, 0.3) is 5.91 Å². The van der Waals surface area contributed by atoms with Crippen molar-refractivity contribution in [1.82, 2.24) is 5.32 Å². The number of nitrogens with one attached hydrogen (secondary N) is 1. The van der Waals surface area contributed by atoms with E-state index in [-0.39, 0.29) is 29.7 Å². The summed E-state index contributed by atoms with van der Waals surface area (Å²) < 4.78 is 0. The van der Waals surface area contributed by atoms with Crippen LogP contribution < -0.4 is 10.3 Å². The smallest absolute Gasteiger partial charge is 0.268 e.